The van der Waals surface area contributed by atoms with Gasteiger partial charge in [-0.15, -0.1) is 0 Å². The number of carboxylic acid groups (broad SMARTS) is 1. The first kappa shape index (κ1) is 14.4. The zero-order valence-corrected chi connectivity index (χ0v) is 12.6. The molecule has 1 heterocycles. The molecule has 0 aliphatic heterocycles. The number of hydrogen-bond donors (Lipinski definition) is 1. The molecule has 0 bridgehead atoms. The summed E-state index contributed by atoms with van der Waals surface area (Å²) in [7, 11) is 0. The van der Waals surface area contributed by atoms with E-state index >= 15 is 0 Å². The van der Waals surface area contributed by atoms with Crippen LogP contribution < -0.4 is 0 Å². The van der Waals surface area contributed by atoms with Crippen molar-refractivity contribution in [3.63, 3.8) is 0 Å². The van der Waals surface area contributed by atoms with Crippen LogP contribution >= 0.6 is 11.6 Å². The van der Waals surface area contributed by atoms with Crippen molar-refractivity contribution in [1.29, 1.82) is 0 Å². The first-order chi connectivity index (χ1) is 10.6. The quantitative estimate of drug-likeness (QED) is 0.788. The van der Waals surface area contributed by atoms with Gasteiger partial charge in [0.15, 0.2) is 5.69 Å². The number of aromatic nitrogens is 2. The summed E-state index contributed by atoms with van der Waals surface area (Å²) in [5, 5.41) is 14.4. The zero-order valence-electron chi connectivity index (χ0n) is 11.8. The number of aromatic carboxylic acids is 1. The van der Waals surface area contributed by atoms with Crippen molar-refractivity contribution in [2.24, 2.45) is 0 Å². The maximum absolute atomic E-state index is 11.5. The van der Waals surface area contributed by atoms with E-state index < -0.39 is 5.97 Å². The van der Waals surface area contributed by atoms with Crippen LogP contribution in [0.25, 0.3) is 16.9 Å². The highest BCUT2D eigenvalue weighted by atomic mass is 35.5. The van der Waals surface area contributed by atoms with Crippen LogP contribution in [0, 0.1) is 6.92 Å². The summed E-state index contributed by atoms with van der Waals surface area (Å²) >= 11 is 6.17. The van der Waals surface area contributed by atoms with Crippen molar-refractivity contribution in [2.45, 2.75) is 6.92 Å². The molecule has 0 fully saturated rings. The van der Waals surface area contributed by atoms with E-state index in [1.165, 1.54) is 10.7 Å². The van der Waals surface area contributed by atoms with Crippen LogP contribution in [-0.2, 0) is 0 Å². The molecule has 2 aromatic carbocycles. The Labute approximate surface area is 132 Å². The van der Waals surface area contributed by atoms with Crippen molar-refractivity contribution < 1.29 is 9.90 Å². The van der Waals surface area contributed by atoms with Gasteiger partial charge >= 0.3 is 5.97 Å². The monoisotopic (exact) mass is 312 g/mol. The van der Waals surface area contributed by atoms with Gasteiger partial charge in [0.1, 0.15) is 0 Å². The second-order valence-electron chi connectivity index (χ2n) is 4.95. The molecule has 0 saturated carbocycles. The average molecular weight is 313 g/mol. The maximum Gasteiger partial charge on any atom is 0.354 e. The number of rotatable bonds is 3. The Morgan fingerprint density at radius 2 is 1.82 bits per heavy atom. The molecule has 0 saturated heterocycles. The summed E-state index contributed by atoms with van der Waals surface area (Å²) in [5.74, 6) is -1.04. The molecule has 0 unspecified atom stereocenters. The van der Waals surface area contributed by atoms with Crippen molar-refractivity contribution in [3.05, 3.63) is 70.9 Å². The van der Waals surface area contributed by atoms with E-state index in [9.17, 15) is 9.90 Å². The lowest BCUT2D eigenvalue weighted by Crippen LogP contribution is -2.07. The molecule has 0 radical (unpaired) electrons. The molecular weight excluding hydrogens is 300 g/mol. The molecule has 0 aliphatic carbocycles. The maximum atomic E-state index is 11.5. The summed E-state index contributed by atoms with van der Waals surface area (Å²) < 4.78 is 1.42. The average Bonchev–Trinajstić information content (AvgIpc) is 2.93. The SMILES string of the molecule is Cc1ccc(-n2nc(-c3ccccc3Cl)cc2C(=O)O)cc1. The highest BCUT2D eigenvalue weighted by molar-refractivity contribution is 6.33. The van der Waals surface area contributed by atoms with Crippen molar-refractivity contribution in [2.75, 3.05) is 0 Å². The van der Waals surface area contributed by atoms with E-state index in [1.807, 2.05) is 49.4 Å². The van der Waals surface area contributed by atoms with Crippen LogP contribution in [0.15, 0.2) is 54.6 Å². The minimum absolute atomic E-state index is 0.0961. The van der Waals surface area contributed by atoms with Crippen LogP contribution in [0.4, 0.5) is 0 Å². The highest BCUT2D eigenvalue weighted by Gasteiger charge is 2.17. The number of carboxylic acids is 1. The molecule has 1 N–H and O–H groups in total. The molecule has 1 aromatic heterocycles. The molecule has 0 atom stereocenters. The van der Waals surface area contributed by atoms with Gasteiger partial charge in [0, 0.05) is 5.56 Å². The molecule has 3 aromatic rings. The number of aryl methyl sites for hydroxylation is 1. The lowest BCUT2D eigenvalue weighted by Gasteiger charge is -2.04. The number of hydrogen-bond acceptors (Lipinski definition) is 2. The third-order valence-electron chi connectivity index (χ3n) is 3.36. The van der Waals surface area contributed by atoms with Gasteiger partial charge in [-0.3, -0.25) is 0 Å². The van der Waals surface area contributed by atoms with Gasteiger partial charge in [0.2, 0.25) is 0 Å². The fourth-order valence-corrected chi connectivity index (χ4v) is 2.45. The lowest BCUT2D eigenvalue weighted by atomic mass is 10.1. The molecule has 0 aliphatic rings. The van der Waals surface area contributed by atoms with Gasteiger partial charge in [-0.1, -0.05) is 47.5 Å². The fourth-order valence-electron chi connectivity index (χ4n) is 2.22. The van der Waals surface area contributed by atoms with Gasteiger partial charge in [-0.2, -0.15) is 5.10 Å². The second kappa shape index (κ2) is 5.66. The number of nitrogens with zero attached hydrogens (tertiary/aromatic N) is 2. The van der Waals surface area contributed by atoms with Gasteiger partial charge in [0.25, 0.3) is 0 Å². The standard InChI is InChI=1S/C17H13ClN2O2/c1-11-6-8-12(9-7-11)20-16(17(21)22)10-15(19-20)13-4-2-3-5-14(13)18/h2-10H,1H3,(H,21,22). The van der Waals surface area contributed by atoms with Gasteiger partial charge in [-0.05, 0) is 31.2 Å². The van der Waals surface area contributed by atoms with Crippen LogP contribution in [0.5, 0.6) is 0 Å². The van der Waals surface area contributed by atoms with Crippen LogP contribution in [0.3, 0.4) is 0 Å². The summed E-state index contributed by atoms with van der Waals surface area (Å²) in [5.41, 5.74) is 3.13. The van der Waals surface area contributed by atoms with Crippen molar-refractivity contribution in [1.82, 2.24) is 9.78 Å². The molecule has 3 rings (SSSR count). The molecule has 0 spiro atoms. The molecule has 22 heavy (non-hydrogen) atoms. The summed E-state index contributed by atoms with van der Waals surface area (Å²) in [6.07, 6.45) is 0. The third-order valence-corrected chi connectivity index (χ3v) is 3.69. The van der Waals surface area contributed by atoms with Gasteiger partial charge in [0.05, 0.1) is 16.4 Å². The molecular formula is C17H13ClN2O2. The Kier molecular flexibility index (Phi) is 3.69. The van der Waals surface area contributed by atoms with Crippen LogP contribution in [0.2, 0.25) is 5.02 Å². The third kappa shape index (κ3) is 2.61. The Balaban J connectivity index is 2.17. The topological polar surface area (TPSA) is 55.1 Å². The number of halogens is 1. The minimum atomic E-state index is -1.04. The summed E-state index contributed by atoms with van der Waals surface area (Å²) in [6, 6.07) is 16.3. The first-order valence-electron chi connectivity index (χ1n) is 6.71. The van der Waals surface area contributed by atoms with E-state index in [2.05, 4.69) is 5.10 Å². The Hall–Kier alpha value is -2.59. The number of benzene rings is 2. The lowest BCUT2D eigenvalue weighted by molar-refractivity contribution is 0.0687. The van der Waals surface area contributed by atoms with Crippen LogP contribution in [0.1, 0.15) is 16.1 Å². The van der Waals surface area contributed by atoms with Crippen molar-refractivity contribution >= 4 is 17.6 Å². The Bertz CT molecular complexity index is 838. The number of carbonyl (C=O) groups is 1. The van der Waals surface area contributed by atoms with E-state index in [1.54, 1.807) is 6.07 Å². The largest absolute Gasteiger partial charge is 0.477 e. The van der Waals surface area contributed by atoms with E-state index in [0.717, 1.165) is 5.56 Å². The van der Waals surface area contributed by atoms with Crippen LogP contribution in [-0.4, -0.2) is 20.9 Å². The molecule has 4 nitrogen and oxygen atoms in total. The Morgan fingerprint density at radius 3 is 2.45 bits per heavy atom. The van der Waals surface area contributed by atoms with Gasteiger partial charge < -0.3 is 5.11 Å². The first-order valence-corrected chi connectivity index (χ1v) is 7.09. The molecule has 5 heteroatoms. The van der Waals surface area contributed by atoms with E-state index in [0.29, 0.717) is 22.0 Å². The predicted octanol–water partition coefficient (Wildman–Crippen LogP) is 4.20. The zero-order chi connectivity index (χ0) is 15.7. The second-order valence-corrected chi connectivity index (χ2v) is 5.35. The summed E-state index contributed by atoms with van der Waals surface area (Å²) in [4.78, 5) is 11.5. The smallest absolute Gasteiger partial charge is 0.354 e. The summed E-state index contributed by atoms with van der Waals surface area (Å²) in [6.45, 7) is 1.97. The molecule has 0 amide bonds. The van der Waals surface area contributed by atoms with Crippen molar-refractivity contribution in [3.8, 4) is 16.9 Å². The Morgan fingerprint density at radius 1 is 1.14 bits per heavy atom. The van der Waals surface area contributed by atoms with E-state index in [-0.39, 0.29) is 5.69 Å². The minimum Gasteiger partial charge on any atom is -0.477 e. The van der Waals surface area contributed by atoms with Gasteiger partial charge in [-0.25, -0.2) is 9.48 Å². The predicted molar refractivity (Wildman–Crippen MR) is 85.7 cm³/mol. The fraction of sp³-hybridized carbons (Fsp3) is 0.0588. The highest BCUT2D eigenvalue weighted by Crippen LogP contribution is 2.28. The molecule has 110 valence electrons. The van der Waals surface area contributed by atoms with E-state index in [4.69, 9.17) is 11.6 Å². The normalized spacial score (nSPS) is 10.6.